The molecule has 0 heterocycles. The van der Waals surface area contributed by atoms with E-state index in [-0.39, 0.29) is 0 Å². The lowest BCUT2D eigenvalue weighted by atomic mass is 10.0. The van der Waals surface area contributed by atoms with E-state index >= 15 is 0 Å². The molecule has 318 valence electrons. The monoisotopic (exact) mass is 777 g/mol. The minimum absolute atomic E-state index is 0.409. The summed E-state index contributed by atoms with van der Waals surface area (Å²) in [4.78, 5) is 24.6. The van der Waals surface area contributed by atoms with Crippen LogP contribution in [0.25, 0.3) is 11.1 Å². The zero-order valence-corrected chi connectivity index (χ0v) is 36.3. The molecule has 2 N–H and O–H groups in total. The molecule has 2 aromatic carbocycles. The molecule has 0 bridgehead atoms. The van der Waals surface area contributed by atoms with E-state index < -0.39 is 12.2 Å². The van der Waals surface area contributed by atoms with Gasteiger partial charge < -0.3 is 20.1 Å². The van der Waals surface area contributed by atoms with Gasteiger partial charge in [0, 0.05) is 13.1 Å². The first kappa shape index (κ1) is 49.1. The summed E-state index contributed by atoms with van der Waals surface area (Å²) >= 11 is 0. The van der Waals surface area contributed by atoms with Crippen molar-refractivity contribution in [1.82, 2.24) is 10.6 Å². The molecule has 2 rings (SSSR count). The summed E-state index contributed by atoms with van der Waals surface area (Å²) in [6.45, 7) is 5.84. The lowest BCUT2D eigenvalue weighted by Gasteiger charge is -2.09. The van der Waals surface area contributed by atoms with Crippen LogP contribution in [0.15, 0.2) is 48.5 Å². The van der Waals surface area contributed by atoms with E-state index in [1.54, 1.807) is 24.3 Å². The van der Waals surface area contributed by atoms with Crippen molar-refractivity contribution in [2.75, 3.05) is 13.1 Å². The van der Waals surface area contributed by atoms with Crippen molar-refractivity contribution < 1.29 is 19.1 Å². The van der Waals surface area contributed by atoms with Gasteiger partial charge in [0.1, 0.15) is 11.5 Å². The van der Waals surface area contributed by atoms with Gasteiger partial charge in [0.25, 0.3) is 0 Å². The molecule has 0 spiro atoms. The van der Waals surface area contributed by atoms with Gasteiger partial charge in [-0.3, -0.25) is 0 Å². The fourth-order valence-corrected chi connectivity index (χ4v) is 7.44. The molecule has 0 saturated heterocycles. The molecular formula is C50H84N2O4. The van der Waals surface area contributed by atoms with Crippen molar-refractivity contribution >= 4 is 12.2 Å². The van der Waals surface area contributed by atoms with Gasteiger partial charge in [-0.1, -0.05) is 231 Å². The van der Waals surface area contributed by atoms with Crippen LogP contribution in [0.3, 0.4) is 0 Å². The van der Waals surface area contributed by atoms with E-state index in [9.17, 15) is 9.59 Å². The van der Waals surface area contributed by atoms with Crippen LogP contribution >= 0.6 is 0 Å². The second-order valence-corrected chi connectivity index (χ2v) is 16.3. The summed E-state index contributed by atoms with van der Waals surface area (Å²) in [6, 6.07) is 14.9. The summed E-state index contributed by atoms with van der Waals surface area (Å²) in [5, 5.41) is 5.76. The van der Waals surface area contributed by atoms with E-state index in [0.29, 0.717) is 24.6 Å². The largest absolute Gasteiger partial charge is 0.412 e. The van der Waals surface area contributed by atoms with Crippen molar-refractivity contribution in [3.63, 3.8) is 0 Å². The normalized spacial score (nSPS) is 11.1. The molecule has 0 aliphatic heterocycles. The van der Waals surface area contributed by atoms with Gasteiger partial charge in [0.05, 0.1) is 0 Å². The molecule has 0 aliphatic rings. The van der Waals surface area contributed by atoms with Crippen LogP contribution in [0, 0.1) is 0 Å². The Kier molecular flexibility index (Phi) is 31.9. The Morgan fingerprint density at radius 2 is 0.554 bits per heavy atom. The molecule has 56 heavy (non-hydrogen) atoms. The van der Waals surface area contributed by atoms with Crippen LogP contribution in [0.1, 0.15) is 219 Å². The van der Waals surface area contributed by atoms with Crippen molar-refractivity contribution in [2.45, 2.75) is 219 Å². The fraction of sp³-hybridized carbons (Fsp3) is 0.720. The Morgan fingerprint density at radius 1 is 0.339 bits per heavy atom. The first-order valence-corrected chi connectivity index (χ1v) is 23.7. The number of amides is 2. The molecule has 2 aromatic rings. The maximum Gasteiger partial charge on any atom is 0.412 e. The molecule has 6 nitrogen and oxygen atoms in total. The van der Waals surface area contributed by atoms with E-state index in [1.807, 2.05) is 24.3 Å². The Labute approximate surface area is 344 Å². The van der Waals surface area contributed by atoms with Gasteiger partial charge in [0.15, 0.2) is 0 Å². The molecule has 0 saturated carbocycles. The third-order valence-electron chi connectivity index (χ3n) is 11.1. The Hall–Kier alpha value is -3.02. The second kappa shape index (κ2) is 36.3. The van der Waals surface area contributed by atoms with Crippen molar-refractivity contribution in [3.8, 4) is 22.6 Å². The number of nitrogens with one attached hydrogen (secondary N) is 2. The molecular weight excluding hydrogens is 693 g/mol. The van der Waals surface area contributed by atoms with Crippen LogP contribution < -0.4 is 20.1 Å². The van der Waals surface area contributed by atoms with Crippen LogP contribution in [-0.2, 0) is 0 Å². The molecule has 2 amide bonds. The van der Waals surface area contributed by atoms with E-state index in [2.05, 4.69) is 24.5 Å². The van der Waals surface area contributed by atoms with Crippen LogP contribution in [0.5, 0.6) is 11.5 Å². The number of rotatable bonds is 37. The van der Waals surface area contributed by atoms with Gasteiger partial charge in [-0.15, -0.1) is 0 Å². The topological polar surface area (TPSA) is 76.7 Å². The average molecular weight is 777 g/mol. The molecule has 0 aromatic heterocycles. The van der Waals surface area contributed by atoms with Crippen LogP contribution in [0.4, 0.5) is 9.59 Å². The van der Waals surface area contributed by atoms with Gasteiger partial charge in [0.2, 0.25) is 0 Å². The van der Waals surface area contributed by atoms with Gasteiger partial charge in [-0.25, -0.2) is 9.59 Å². The fourth-order valence-electron chi connectivity index (χ4n) is 7.44. The van der Waals surface area contributed by atoms with E-state index in [4.69, 9.17) is 9.47 Å². The predicted molar refractivity (Wildman–Crippen MR) is 239 cm³/mol. The highest BCUT2D eigenvalue weighted by atomic mass is 16.6. The molecule has 0 fully saturated rings. The molecule has 6 heteroatoms. The lowest BCUT2D eigenvalue weighted by molar-refractivity contribution is 0.199. The minimum atomic E-state index is -0.409. The zero-order valence-electron chi connectivity index (χ0n) is 36.3. The van der Waals surface area contributed by atoms with Crippen LogP contribution in [0.2, 0.25) is 0 Å². The second-order valence-electron chi connectivity index (χ2n) is 16.3. The summed E-state index contributed by atoms with van der Waals surface area (Å²) < 4.78 is 11.0. The number of hydrogen-bond acceptors (Lipinski definition) is 4. The van der Waals surface area contributed by atoms with E-state index in [1.165, 1.54) is 180 Å². The molecule has 0 radical (unpaired) electrons. The summed E-state index contributed by atoms with van der Waals surface area (Å²) in [5.41, 5.74) is 1.98. The molecule has 0 aliphatic carbocycles. The number of ether oxygens (including phenoxy) is 2. The third-order valence-corrected chi connectivity index (χ3v) is 11.1. The zero-order chi connectivity index (χ0) is 40.0. The number of carbonyl (C=O) groups is 2. The summed E-state index contributed by atoms with van der Waals surface area (Å²) in [6.07, 6.45) is 41.9. The highest BCUT2D eigenvalue weighted by molar-refractivity contribution is 5.72. The Balaban J connectivity index is 1.42. The Morgan fingerprint density at radius 3 is 0.786 bits per heavy atom. The highest BCUT2D eigenvalue weighted by Gasteiger charge is 2.07. The first-order chi connectivity index (χ1) is 27.6. The van der Waals surface area contributed by atoms with Crippen molar-refractivity contribution in [2.24, 2.45) is 0 Å². The number of carbonyl (C=O) groups excluding carboxylic acids is 2. The maximum absolute atomic E-state index is 12.3. The Bertz CT molecular complexity index is 1090. The first-order valence-electron chi connectivity index (χ1n) is 23.7. The summed E-state index contributed by atoms with van der Waals surface area (Å²) in [7, 11) is 0. The number of benzene rings is 2. The number of unbranched alkanes of at least 4 members (excludes halogenated alkanes) is 30. The SMILES string of the molecule is CCCCCCCCCCCCCCCCCCNC(=O)Oc1ccc(-c2ccc(OC(=O)NCCCCCCCCCCCCCCCCCC)cc2)cc1. The van der Waals surface area contributed by atoms with Crippen LogP contribution in [-0.4, -0.2) is 25.3 Å². The minimum Gasteiger partial charge on any atom is -0.410 e. The average Bonchev–Trinajstić information content (AvgIpc) is 3.21. The van der Waals surface area contributed by atoms with Gasteiger partial charge in [-0.2, -0.15) is 0 Å². The highest BCUT2D eigenvalue weighted by Crippen LogP contribution is 2.25. The predicted octanol–water partition coefficient (Wildman–Crippen LogP) is 16.1. The van der Waals surface area contributed by atoms with Gasteiger partial charge >= 0.3 is 12.2 Å². The smallest absolute Gasteiger partial charge is 0.410 e. The van der Waals surface area contributed by atoms with Crippen molar-refractivity contribution in [1.29, 1.82) is 0 Å². The lowest BCUT2D eigenvalue weighted by Crippen LogP contribution is -2.27. The quantitative estimate of drug-likeness (QED) is 0.0670. The maximum atomic E-state index is 12.3. The van der Waals surface area contributed by atoms with Gasteiger partial charge in [-0.05, 0) is 48.2 Å². The van der Waals surface area contributed by atoms with E-state index in [0.717, 1.165) is 36.8 Å². The van der Waals surface area contributed by atoms with Crippen molar-refractivity contribution in [3.05, 3.63) is 48.5 Å². The summed E-state index contributed by atoms with van der Waals surface area (Å²) in [5.74, 6) is 1.03. The third kappa shape index (κ3) is 28.4. The number of hydrogen-bond donors (Lipinski definition) is 2. The molecule has 0 unspecified atom stereocenters. The molecule has 0 atom stereocenters. The standard InChI is InChI=1S/C50H84N2O4/c1-3-5-7-9-11-13-15-17-19-21-23-25-27-29-31-33-43-51-49(53)55-47-39-35-45(36-40-47)46-37-41-48(42-38-46)56-50(54)52-44-34-32-30-28-26-24-22-20-18-16-14-12-10-8-6-4-2/h35-42H,3-34,43-44H2,1-2H3,(H,51,53)(H,52,54).